The Labute approximate surface area is 215 Å². The van der Waals surface area contributed by atoms with Gasteiger partial charge in [0.25, 0.3) is 0 Å². The summed E-state index contributed by atoms with van der Waals surface area (Å²) in [6.45, 7) is 9.09. The van der Waals surface area contributed by atoms with Crippen LogP contribution in [0.5, 0.6) is 0 Å². The van der Waals surface area contributed by atoms with Crippen molar-refractivity contribution in [1.29, 1.82) is 0 Å². The molecule has 5 aromatic rings. The highest BCUT2D eigenvalue weighted by Crippen LogP contribution is 2.40. The van der Waals surface area contributed by atoms with Crippen molar-refractivity contribution in [2.75, 3.05) is 11.9 Å². The molecule has 4 aromatic carbocycles. The minimum atomic E-state index is 0.433. The van der Waals surface area contributed by atoms with Gasteiger partial charge in [-0.2, -0.15) is 0 Å². The third kappa shape index (κ3) is 4.52. The molecule has 0 amide bonds. The average Bonchev–Trinajstić information content (AvgIpc) is 2.92. The van der Waals surface area contributed by atoms with Gasteiger partial charge in [-0.05, 0) is 46.2 Å². The van der Waals surface area contributed by atoms with Crippen LogP contribution in [-0.4, -0.2) is 12.0 Å². The van der Waals surface area contributed by atoms with Crippen molar-refractivity contribution in [2.24, 2.45) is 0 Å². The molecule has 0 spiro atoms. The van der Waals surface area contributed by atoms with Crippen LogP contribution in [0.2, 0.25) is 0 Å². The van der Waals surface area contributed by atoms with Gasteiger partial charge < -0.3 is 4.90 Å². The second kappa shape index (κ2) is 9.99. The SMILES string of the molecule is CC(C)c1cccc(C(C)C)c1N(C)c1cccc2ccc(-c3ccc(-c4ccccc4)cc3)nc12. The van der Waals surface area contributed by atoms with E-state index in [1.54, 1.807) is 0 Å². The predicted molar refractivity (Wildman–Crippen MR) is 155 cm³/mol. The lowest BCUT2D eigenvalue weighted by molar-refractivity contribution is 0.828. The number of pyridine rings is 1. The van der Waals surface area contributed by atoms with Crippen LogP contribution in [0.25, 0.3) is 33.3 Å². The first-order chi connectivity index (χ1) is 17.4. The van der Waals surface area contributed by atoms with Crippen molar-refractivity contribution < 1.29 is 0 Å². The maximum Gasteiger partial charge on any atom is 0.0946 e. The van der Waals surface area contributed by atoms with Crippen LogP contribution in [0.4, 0.5) is 11.4 Å². The molecule has 0 radical (unpaired) electrons. The molecule has 0 aliphatic rings. The van der Waals surface area contributed by atoms with Gasteiger partial charge in [-0.15, -0.1) is 0 Å². The number of fused-ring (bicyclic) bond motifs is 1. The summed E-state index contributed by atoms with van der Waals surface area (Å²) in [6, 6.07) is 36.7. The van der Waals surface area contributed by atoms with Crippen LogP contribution in [0.1, 0.15) is 50.7 Å². The molecular weight excluding hydrogens is 436 g/mol. The number of hydrogen-bond donors (Lipinski definition) is 0. The normalized spacial score (nSPS) is 11.4. The molecule has 180 valence electrons. The van der Waals surface area contributed by atoms with Crippen molar-refractivity contribution in [3.63, 3.8) is 0 Å². The Hall–Kier alpha value is -3.91. The van der Waals surface area contributed by atoms with E-state index in [4.69, 9.17) is 4.98 Å². The smallest absolute Gasteiger partial charge is 0.0946 e. The minimum Gasteiger partial charge on any atom is -0.342 e. The molecule has 2 nitrogen and oxygen atoms in total. The van der Waals surface area contributed by atoms with Crippen LogP contribution in [0.15, 0.2) is 103 Å². The molecule has 36 heavy (non-hydrogen) atoms. The molecule has 0 N–H and O–H groups in total. The molecular formula is C34H34N2. The van der Waals surface area contributed by atoms with Crippen molar-refractivity contribution in [1.82, 2.24) is 4.98 Å². The molecule has 0 fully saturated rings. The Balaban J connectivity index is 1.60. The van der Waals surface area contributed by atoms with E-state index in [1.165, 1.54) is 27.9 Å². The van der Waals surface area contributed by atoms with Crippen LogP contribution < -0.4 is 4.90 Å². The standard InChI is InChI=1S/C34H34N2/c1-23(2)29-14-10-15-30(24(3)4)34(29)36(5)32-16-9-13-28-21-22-31(35-33(28)32)27-19-17-26(18-20-27)25-11-7-6-8-12-25/h6-24H,1-5H3. The fraction of sp³-hybridized carbons (Fsp3) is 0.206. The van der Waals surface area contributed by atoms with E-state index in [0.29, 0.717) is 11.8 Å². The maximum absolute atomic E-state index is 5.20. The van der Waals surface area contributed by atoms with E-state index in [1.807, 2.05) is 0 Å². The molecule has 0 unspecified atom stereocenters. The fourth-order valence-electron chi connectivity index (χ4n) is 5.05. The Morgan fingerprint density at radius 3 is 1.78 bits per heavy atom. The number of nitrogens with zero attached hydrogens (tertiary/aromatic N) is 2. The topological polar surface area (TPSA) is 16.1 Å². The number of hydrogen-bond acceptors (Lipinski definition) is 2. The van der Waals surface area contributed by atoms with Crippen molar-refractivity contribution >= 4 is 22.3 Å². The van der Waals surface area contributed by atoms with Gasteiger partial charge in [0.15, 0.2) is 0 Å². The van der Waals surface area contributed by atoms with Gasteiger partial charge in [0, 0.05) is 23.7 Å². The summed E-state index contributed by atoms with van der Waals surface area (Å²) < 4.78 is 0. The Morgan fingerprint density at radius 2 is 1.14 bits per heavy atom. The van der Waals surface area contributed by atoms with E-state index >= 15 is 0 Å². The van der Waals surface area contributed by atoms with E-state index in [2.05, 4.69) is 143 Å². The second-order valence-electron chi connectivity index (χ2n) is 10.1. The molecule has 1 aromatic heterocycles. The molecule has 0 saturated carbocycles. The third-order valence-electron chi connectivity index (χ3n) is 7.03. The lowest BCUT2D eigenvalue weighted by Crippen LogP contribution is -2.16. The summed E-state index contributed by atoms with van der Waals surface area (Å²) in [5.41, 5.74) is 10.7. The largest absolute Gasteiger partial charge is 0.342 e. The summed E-state index contributed by atoms with van der Waals surface area (Å²) in [5, 5.41) is 1.15. The average molecular weight is 471 g/mol. The monoisotopic (exact) mass is 470 g/mol. The number of rotatable bonds is 6. The first-order valence-corrected chi connectivity index (χ1v) is 12.9. The lowest BCUT2D eigenvalue weighted by Gasteiger charge is -2.29. The molecule has 0 aliphatic heterocycles. The molecule has 0 saturated heterocycles. The number of anilines is 2. The summed E-state index contributed by atoms with van der Waals surface area (Å²) in [4.78, 5) is 7.55. The van der Waals surface area contributed by atoms with Crippen molar-refractivity contribution in [3.05, 3.63) is 114 Å². The number of benzene rings is 4. The lowest BCUT2D eigenvalue weighted by atomic mass is 9.91. The van der Waals surface area contributed by atoms with Gasteiger partial charge in [-0.25, -0.2) is 4.98 Å². The quantitative estimate of drug-likeness (QED) is 0.245. The second-order valence-corrected chi connectivity index (χ2v) is 10.1. The zero-order valence-electron chi connectivity index (χ0n) is 21.9. The summed E-state index contributed by atoms with van der Waals surface area (Å²) in [6.07, 6.45) is 0. The van der Waals surface area contributed by atoms with Crippen molar-refractivity contribution in [2.45, 2.75) is 39.5 Å². The zero-order valence-corrected chi connectivity index (χ0v) is 21.9. The molecule has 0 atom stereocenters. The third-order valence-corrected chi connectivity index (χ3v) is 7.03. The van der Waals surface area contributed by atoms with E-state index in [0.717, 1.165) is 27.8 Å². The highest BCUT2D eigenvalue weighted by molar-refractivity contribution is 5.95. The summed E-state index contributed by atoms with van der Waals surface area (Å²) in [7, 11) is 2.19. The number of para-hydroxylation sites is 2. The van der Waals surface area contributed by atoms with Gasteiger partial charge >= 0.3 is 0 Å². The molecule has 5 rings (SSSR count). The van der Waals surface area contributed by atoms with Gasteiger partial charge in [0.2, 0.25) is 0 Å². The Morgan fingerprint density at radius 1 is 0.556 bits per heavy atom. The minimum absolute atomic E-state index is 0.433. The number of aromatic nitrogens is 1. The maximum atomic E-state index is 5.20. The summed E-state index contributed by atoms with van der Waals surface area (Å²) >= 11 is 0. The van der Waals surface area contributed by atoms with Crippen molar-refractivity contribution in [3.8, 4) is 22.4 Å². The van der Waals surface area contributed by atoms with Crippen LogP contribution >= 0.6 is 0 Å². The van der Waals surface area contributed by atoms with Gasteiger partial charge in [-0.3, -0.25) is 0 Å². The summed E-state index contributed by atoms with van der Waals surface area (Å²) in [5.74, 6) is 0.866. The zero-order chi connectivity index (χ0) is 25.2. The highest BCUT2D eigenvalue weighted by atomic mass is 15.1. The fourth-order valence-corrected chi connectivity index (χ4v) is 5.05. The predicted octanol–water partition coefficient (Wildman–Crippen LogP) is 9.58. The first-order valence-electron chi connectivity index (χ1n) is 12.9. The van der Waals surface area contributed by atoms with E-state index in [9.17, 15) is 0 Å². The molecule has 1 heterocycles. The first kappa shape index (κ1) is 23.8. The Bertz CT molecular complexity index is 1460. The van der Waals surface area contributed by atoms with Crippen LogP contribution in [0.3, 0.4) is 0 Å². The molecule has 2 heteroatoms. The van der Waals surface area contributed by atoms with E-state index in [-0.39, 0.29) is 0 Å². The Kier molecular flexibility index (Phi) is 6.61. The molecule has 0 aliphatic carbocycles. The molecule has 0 bridgehead atoms. The van der Waals surface area contributed by atoms with Crippen LogP contribution in [0, 0.1) is 0 Å². The van der Waals surface area contributed by atoms with E-state index < -0.39 is 0 Å². The van der Waals surface area contributed by atoms with Gasteiger partial charge in [0.1, 0.15) is 0 Å². The van der Waals surface area contributed by atoms with Crippen LogP contribution in [-0.2, 0) is 0 Å². The highest BCUT2D eigenvalue weighted by Gasteiger charge is 2.20. The van der Waals surface area contributed by atoms with Gasteiger partial charge in [0.05, 0.1) is 16.9 Å². The van der Waals surface area contributed by atoms with Gasteiger partial charge in [-0.1, -0.05) is 119 Å².